The SMILES string of the molecule is CN(C)c1nc([C@@H]2CCCN2Cc2cnccn2)cn2cccc12. The summed E-state index contributed by atoms with van der Waals surface area (Å²) in [5, 5.41) is 0. The Labute approximate surface area is 141 Å². The van der Waals surface area contributed by atoms with Crippen LogP contribution in [-0.4, -0.2) is 44.9 Å². The lowest BCUT2D eigenvalue weighted by molar-refractivity contribution is 0.241. The minimum absolute atomic E-state index is 0.331. The number of hydrogen-bond acceptors (Lipinski definition) is 5. The lowest BCUT2D eigenvalue weighted by Crippen LogP contribution is -2.25. The molecule has 0 saturated carbocycles. The van der Waals surface area contributed by atoms with Crippen molar-refractivity contribution in [3.8, 4) is 0 Å². The van der Waals surface area contributed by atoms with Gasteiger partial charge in [0.05, 0.1) is 22.9 Å². The van der Waals surface area contributed by atoms with Crippen LogP contribution in [0.3, 0.4) is 0 Å². The topological polar surface area (TPSA) is 49.6 Å². The van der Waals surface area contributed by atoms with Gasteiger partial charge in [-0.05, 0) is 31.5 Å². The van der Waals surface area contributed by atoms with Gasteiger partial charge >= 0.3 is 0 Å². The fraction of sp³-hybridized carbons (Fsp3) is 0.389. The standard InChI is InChI=1S/C18H22N6/c1-22(2)18-17-6-4-10-24(17)13-15(21-18)16-5-3-9-23(16)12-14-11-19-7-8-20-14/h4,6-8,10-11,13,16H,3,5,9,12H2,1-2H3/t16-/m0/s1. The summed E-state index contributed by atoms with van der Waals surface area (Å²) in [6, 6.07) is 4.51. The lowest BCUT2D eigenvalue weighted by Gasteiger charge is -2.25. The Morgan fingerprint density at radius 3 is 3.00 bits per heavy atom. The van der Waals surface area contributed by atoms with Crippen molar-refractivity contribution >= 4 is 11.3 Å². The highest BCUT2D eigenvalue weighted by Gasteiger charge is 2.28. The average Bonchev–Trinajstić information content (AvgIpc) is 3.23. The second kappa shape index (κ2) is 6.20. The third-order valence-electron chi connectivity index (χ3n) is 4.62. The molecule has 0 spiro atoms. The van der Waals surface area contributed by atoms with Gasteiger partial charge < -0.3 is 9.30 Å². The Bertz CT molecular complexity index is 826. The molecule has 3 aromatic heterocycles. The number of aromatic nitrogens is 4. The first-order valence-corrected chi connectivity index (χ1v) is 8.36. The summed E-state index contributed by atoms with van der Waals surface area (Å²) in [5.41, 5.74) is 3.28. The number of rotatable bonds is 4. The van der Waals surface area contributed by atoms with Crippen LogP contribution in [0.4, 0.5) is 5.82 Å². The Hall–Kier alpha value is -2.47. The molecule has 0 radical (unpaired) electrons. The van der Waals surface area contributed by atoms with E-state index in [9.17, 15) is 0 Å². The van der Waals surface area contributed by atoms with Crippen LogP contribution in [0.2, 0.25) is 0 Å². The molecule has 0 amide bonds. The summed E-state index contributed by atoms with van der Waals surface area (Å²) >= 11 is 0. The van der Waals surface area contributed by atoms with Crippen LogP contribution in [-0.2, 0) is 6.54 Å². The second-order valence-electron chi connectivity index (χ2n) is 6.51. The van der Waals surface area contributed by atoms with E-state index in [0.717, 1.165) is 42.2 Å². The zero-order valence-corrected chi connectivity index (χ0v) is 14.1. The van der Waals surface area contributed by atoms with Gasteiger partial charge in [0.25, 0.3) is 0 Å². The molecular weight excluding hydrogens is 300 g/mol. The molecule has 1 saturated heterocycles. The summed E-state index contributed by atoms with van der Waals surface area (Å²) in [5.74, 6) is 1.02. The number of fused-ring (bicyclic) bond motifs is 1. The minimum atomic E-state index is 0.331. The average molecular weight is 322 g/mol. The maximum Gasteiger partial charge on any atom is 0.152 e. The quantitative estimate of drug-likeness (QED) is 0.739. The van der Waals surface area contributed by atoms with E-state index in [1.807, 2.05) is 20.3 Å². The summed E-state index contributed by atoms with van der Waals surface area (Å²) in [6.45, 7) is 1.89. The molecule has 0 aromatic carbocycles. The third-order valence-corrected chi connectivity index (χ3v) is 4.62. The molecule has 1 atom stereocenters. The van der Waals surface area contributed by atoms with Crippen molar-refractivity contribution in [2.75, 3.05) is 25.5 Å². The van der Waals surface area contributed by atoms with Crippen molar-refractivity contribution in [2.45, 2.75) is 25.4 Å². The Balaban J connectivity index is 1.68. The first-order chi connectivity index (χ1) is 11.7. The van der Waals surface area contributed by atoms with Crippen molar-refractivity contribution in [2.24, 2.45) is 0 Å². The molecule has 1 aliphatic heterocycles. The number of nitrogens with zero attached hydrogens (tertiary/aromatic N) is 6. The zero-order chi connectivity index (χ0) is 16.5. The number of hydrogen-bond donors (Lipinski definition) is 0. The lowest BCUT2D eigenvalue weighted by atomic mass is 10.1. The molecule has 0 aliphatic carbocycles. The molecule has 6 nitrogen and oxygen atoms in total. The van der Waals surface area contributed by atoms with E-state index in [4.69, 9.17) is 4.98 Å². The Morgan fingerprint density at radius 2 is 2.21 bits per heavy atom. The Morgan fingerprint density at radius 1 is 1.29 bits per heavy atom. The molecule has 0 unspecified atom stereocenters. The van der Waals surface area contributed by atoms with Crippen molar-refractivity contribution in [3.63, 3.8) is 0 Å². The predicted octanol–water partition coefficient (Wildman–Crippen LogP) is 2.53. The van der Waals surface area contributed by atoms with Gasteiger partial charge in [0.15, 0.2) is 5.82 Å². The first kappa shape index (κ1) is 15.1. The largest absolute Gasteiger partial charge is 0.361 e. The van der Waals surface area contributed by atoms with Crippen LogP contribution in [0.15, 0.2) is 43.1 Å². The summed E-state index contributed by atoms with van der Waals surface area (Å²) in [6.07, 6.45) is 11.9. The van der Waals surface area contributed by atoms with Crippen LogP contribution in [0.25, 0.3) is 5.52 Å². The smallest absolute Gasteiger partial charge is 0.152 e. The predicted molar refractivity (Wildman–Crippen MR) is 93.9 cm³/mol. The minimum Gasteiger partial charge on any atom is -0.361 e. The van der Waals surface area contributed by atoms with Crippen LogP contribution in [0.1, 0.15) is 30.3 Å². The summed E-state index contributed by atoms with van der Waals surface area (Å²) < 4.78 is 2.18. The van der Waals surface area contributed by atoms with E-state index in [1.54, 1.807) is 12.4 Å². The molecule has 1 fully saturated rings. The van der Waals surface area contributed by atoms with E-state index in [1.165, 1.54) is 6.42 Å². The van der Waals surface area contributed by atoms with Crippen molar-refractivity contribution in [3.05, 3.63) is 54.5 Å². The molecule has 0 N–H and O–H groups in total. The fourth-order valence-electron chi connectivity index (χ4n) is 3.51. The second-order valence-corrected chi connectivity index (χ2v) is 6.51. The van der Waals surface area contributed by atoms with Gasteiger partial charge in [-0.3, -0.25) is 14.9 Å². The van der Waals surface area contributed by atoms with Gasteiger partial charge in [-0.2, -0.15) is 0 Å². The monoisotopic (exact) mass is 322 g/mol. The van der Waals surface area contributed by atoms with E-state index >= 15 is 0 Å². The molecule has 3 aromatic rings. The molecular formula is C18H22N6. The van der Waals surface area contributed by atoms with Crippen molar-refractivity contribution in [1.82, 2.24) is 24.3 Å². The fourth-order valence-corrected chi connectivity index (χ4v) is 3.51. The van der Waals surface area contributed by atoms with Gasteiger partial charge in [0, 0.05) is 51.6 Å². The first-order valence-electron chi connectivity index (χ1n) is 8.36. The van der Waals surface area contributed by atoms with Crippen LogP contribution in [0.5, 0.6) is 0 Å². The van der Waals surface area contributed by atoms with E-state index < -0.39 is 0 Å². The van der Waals surface area contributed by atoms with Crippen molar-refractivity contribution in [1.29, 1.82) is 0 Å². The van der Waals surface area contributed by atoms with E-state index in [0.29, 0.717) is 6.04 Å². The van der Waals surface area contributed by atoms with E-state index in [2.05, 4.69) is 48.7 Å². The van der Waals surface area contributed by atoms with Gasteiger partial charge in [0.1, 0.15) is 0 Å². The normalized spacial score (nSPS) is 18.3. The van der Waals surface area contributed by atoms with Gasteiger partial charge in [-0.15, -0.1) is 0 Å². The molecule has 4 heterocycles. The highest BCUT2D eigenvalue weighted by atomic mass is 15.2. The van der Waals surface area contributed by atoms with Crippen molar-refractivity contribution < 1.29 is 0 Å². The zero-order valence-electron chi connectivity index (χ0n) is 14.1. The molecule has 24 heavy (non-hydrogen) atoms. The van der Waals surface area contributed by atoms with Crippen LogP contribution < -0.4 is 4.90 Å². The van der Waals surface area contributed by atoms with Gasteiger partial charge in [-0.1, -0.05) is 0 Å². The van der Waals surface area contributed by atoms with Crippen LogP contribution in [0, 0.1) is 0 Å². The highest BCUT2D eigenvalue weighted by molar-refractivity contribution is 5.69. The van der Waals surface area contributed by atoms with Crippen LogP contribution >= 0.6 is 0 Å². The molecule has 4 rings (SSSR count). The summed E-state index contributed by atoms with van der Waals surface area (Å²) in [4.78, 5) is 18.1. The maximum atomic E-state index is 4.97. The van der Waals surface area contributed by atoms with E-state index in [-0.39, 0.29) is 0 Å². The van der Waals surface area contributed by atoms with Gasteiger partial charge in [-0.25, -0.2) is 4.98 Å². The molecule has 0 bridgehead atoms. The summed E-state index contributed by atoms with van der Waals surface area (Å²) in [7, 11) is 4.09. The third kappa shape index (κ3) is 2.73. The van der Waals surface area contributed by atoms with Gasteiger partial charge in [0.2, 0.25) is 0 Å². The Kier molecular flexibility index (Phi) is 3.90. The molecule has 1 aliphatic rings. The maximum absolute atomic E-state index is 4.97. The molecule has 124 valence electrons. The molecule has 6 heteroatoms. The highest BCUT2D eigenvalue weighted by Crippen LogP contribution is 2.33. The number of likely N-dealkylation sites (tertiary alicyclic amines) is 1. The number of anilines is 1.